The zero-order valence-electron chi connectivity index (χ0n) is 12.5. The molecule has 0 radical (unpaired) electrons. The Bertz CT molecular complexity index is 599. The van der Waals surface area contributed by atoms with Crippen molar-refractivity contribution in [2.45, 2.75) is 0 Å². The Morgan fingerprint density at radius 3 is 2.43 bits per heavy atom. The summed E-state index contributed by atoms with van der Waals surface area (Å²) in [4.78, 5) is 12.0. The fraction of sp³-hybridized carbons (Fsp3) is 0.462. The van der Waals surface area contributed by atoms with Crippen molar-refractivity contribution in [3.8, 4) is 11.5 Å². The van der Waals surface area contributed by atoms with Crippen molar-refractivity contribution in [3.63, 3.8) is 0 Å². The van der Waals surface area contributed by atoms with E-state index >= 15 is 0 Å². The lowest BCUT2D eigenvalue weighted by molar-refractivity contribution is 0.0953. The van der Waals surface area contributed by atoms with Gasteiger partial charge in [0.2, 0.25) is 10.0 Å². The number of benzene rings is 1. The van der Waals surface area contributed by atoms with Crippen molar-refractivity contribution in [1.29, 1.82) is 0 Å². The highest BCUT2D eigenvalue weighted by atomic mass is 32.2. The molecule has 7 nitrogen and oxygen atoms in total. The number of hydrogen-bond donors (Lipinski definition) is 1. The molecule has 0 aliphatic rings. The van der Waals surface area contributed by atoms with E-state index in [0.717, 1.165) is 4.31 Å². The Morgan fingerprint density at radius 2 is 1.90 bits per heavy atom. The zero-order valence-corrected chi connectivity index (χ0v) is 13.4. The average Bonchev–Trinajstić information content (AvgIpc) is 2.45. The molecule has 0 atom stereocenters. The molecule has 0 saturated heterocycles. The van der Waals surface area contributed by atoms with Crippen LogP contribution in [0.25, 0.3) is 0 Å². The summed E-state index contributed by atoms with van der Waals surface area (Å²) in [5.41, 5.74) is 0.320. The summed E-state index contributed by atoms with van der Waals surface area (Å²) in [7, 11) is 2.52. The van der Waals surface area contributed by atoms with Crippen molar-refractivity contribution in [1.82, 2.24) is 9.62 Å². The number of nitrogens with zero attached hydrogens (tertiary/aromatic N) is 1. The van der Waals surface area contributed by atoms with Crippen LogP contribution < -0.4 is 14.8 Å². The quantitative estimate of drug-likeness (QED) is 0.783. The number of amides is 1. The van der Waals surface area contributed by atoms with E-state index in [-0.39, 0.29) is 12.3 Å². The fourth-order valence-corrected chi connectivity index (χ4v) is 2.28. The summed E-state index contributed by atoms with van der Waals surface area (Å²) in [5.74, 6) is 0.369. The van der Waals surface area contributed by atoms with E-state index in [1.807, 2.05) is 0 Å². The maximum absolute atomic E-state index is 12.0. The van der Waals surface area contributed by atoms with E-state index in [2.05, 4.69) is 5.32 Å². The lowest BCUT2D eigenvalue weighted by atomic mass is 10.2. The number of rotatable bonds is 7. The molecule has 0 bridgehead atoms. The first-order chi connectivity index (χ1) is 9.81. The summed E-state index contributed by atoms with van der Waals surface area (Å²) in [6.45, 7) is 0.0224. The molecule has 0 aliphatic carbocycles. The summed E-state index contributed by atoms with van der Waals surface area (Å²) >= 11 is 0. The highest BCUT2D eigenvalue weighted by molar-refractivity contribution is 7.89. The molecule has 0 fully saturated rings. The number of carbonyl (C=O) groups is 1. The van der Waals surface area contributed by atoms with Crippen LogP contribution in [0.3, 0.4) is 0 Å². The molecule has 0 unspecified atom stereocenters. The van der Waals surface area contributed by atoms with Gasteiger partial charge in [0, 0.05) is 26.7 Å². The van der Waals surface area contributed by atoms with Crippen LogP contribution >= 0.6 is 0 Å². The molecule has 1 aromatic rings. The minimum atomic E-state index is -3.34. The van der Waals surface area contributed by atoms with Gasteiger partial charge in [0.15, 0.2) is 0 Å². The fourth-order valence-electron chi connectivity index (χ4n) is 1.56. The third kappa shape index (κ3) is 4.61. The molecule has 118 valence electrons. The average molecular weight is 316 g/mol. The molecule has 21 heavy (non-hydrogen) atoms. The third-order valence-electron chi connectivity index (χ3n) is 2.86. The first kappa shape index (κ1) is 17.3. The maximum atomic E-state index is 12.0. The van der Waals surface area contributed by atoms with Crippen LogP contribution in [0.1, 0.15) is 10.4 Å². The van der Waals surface area contributed by atoms with E-state index in [0.29, 0.717) is 17.1 Å². The number of ether oxygens (including phenoxy) is 2. The maximum Gasteiger partial charge on any atom is 0.255 e. The van der Waals surface area contributed by atoms with E-state index in [1.54, 1.807) is 18.2 Å². The van der Waals surface area contributed by atoms with Gasteiger partial charge in [-0.3, -0.25) is 4.79 Å². The summed E-state index contributed by atoms with van der Waals surface area (Å²) in [6.07, 6.45) is 0. The normalized spacial score (nSPS) is 11.3. The first-order valence-corrected chi connectivity index (χ1v) is 7.83. The molecule has 1 rings (SSSR count). The second-order valence-corrected chi connectivity index (χ2v) is 6.72. The van der Waals surface area contributed by atoms with Crippen LogP contribution in [0.15, 0.2) is 18.2 Å². The van der Waals surface area contributed by atoms with Gasteiger partial charge in [0.25, 0.3) is 5.91 Å². The van der Waals surface area contributed by atoms with Gasteiger partial charge in [0.1, 0.15) is 11.5 Å². The molecular weight excluding hydrogens is 296 g/mol. The molecular formula is C13H20N2O5S. The van der Waals surface area contributed by atoms with Gasteiger partial charge in [-0.25, -0.2) is 12.7 Å². The Hall–Kier alpha value is -1.80. The molecule has 1 amide bonds. The van der Waals surface area contributed by atoms with Crippen molar-refractivity contribution >= 4 is 15.9 Å². The number of sulfonamides is 1. The van der Waals surface area contributed by atoms with Gasteiger partial charge in [-0.1, -0.05) is 0 Å². The monoisotopic (exact) mass is 316 g/mol. The van der Waals surface area contributed by atoms with Crippen molar-refractivity contribution < 1.29 is 22.7 Å². The lowest BCUT2D eigenvalue weighted by Crippen LogP contribution is -2.34. The molecule has 1 N–H and O–H groups in total. The highest BCUT2D eigenvalue weighted by Gasteiger charge is 2.16. The summed E-state index contributed by atoms with van der Waals surface area (Å²) in [6, 6.07) is 4.78. The second kappa shape index (κ2) is 7.28. The molecule has 0 spiro atoms. The summed E-state index contributed by atoms with van der Waals surface area (Å²) in [5, 5.41) is 2.56. The van der Waals surface area contributed by atoms with Crippen LogP contribution in [-0.2, 0) is 10.0 Å². The van der Waals surface area contributed by atoms with Crippen LogP contribution in [0, 0.1) is 0 Å². The Kier molecular flexibility index (Phi) is 5.98. The predicted octanol–water partition coefficient (Wildman–Crippen LogP) is 0.325. The van der Waals surface area contributed by atoms with Crippen molar-refractivity contribution in [2.24, 2.45) is 0 Å². The number of nitrogens with one attached hydrogen (secondary N) is 1. The van der Waals surface area contributed by atoms with Gasteiger partial charge in [0.05, 0.1) is 25.5 Å². The molecule has 0 aliphatic heterocycles. The van der Waals surface area contributed by atoms with Crippen molar-refractivity contribution in [2.75, 3.05) is 40.6 Å². The van der Waals surface area contributed by atoms with E-state index < -0.39 is 15.9 Å². The van der Waals surface area contributed by atoms with Crippen LogP contribution in [0.5, 0.6) is 11.5 Å². The molecule has 0 heterocycles. The van der Waals surface area contributed by atoms with Gasteiger partial charge in [-0.2, -0.15) is 0 Å². The van der Waals surface area contributed by atoms with Crippen molar-refractivity contribution in [3.05, 3.63) is 23.8 Å². The highest BCUT2D eigenvalue weighted by Crippen LogP contribution is 2.24. The number of methoxy groups -OCH3 is 2. The van der Waals surface area contributed by atoms with Crippen LogP contribution in [0.2, 0.25) is 0 Å². The van der Waals surface area contributed by atoms with E-state index in [9.17, 15) is 13.2 Å². The summed E-state index contributed by atoms with van der Waals surface area (Å²) < 4.78 is 34.5. The number of carbonyl (C=O) groups excluding carboxylic acids is 1. The molecule has 8 heteroatoms. The minimum Gasteiger partial charge on any atom is -0.497 e. The first-order valence-electron chi connectivity index (χ1n) is 6.22. The largest absolute Gasteiger partial charge is 0.497 e. The van der Waals surface area contributed by atoms with Gasteiger partial charge in [-0.05, 0) is 12.1 Å². The number of hydrogen-bond acceptors (Lipinski definition) is 5. The lowest BCUT2D eigenvalue weighted by Gasteiger charge is -2.13. The van der Waals surface area contributed by atoms with Gasteiger partial charge in [-0.15, -0.1) is 0 Å². The van der Waals surface area contributed by atoms with Crippen LogP contribution in [0.4, 0.5) is 0 Å². The van der Waals surface area contributed by atoms with E-state index in [1.165, 1.54) is 28.3 Å². The van der Waals surface area contributed by atoms with Crippen LogP contribution in [-0.4, -0.2) is 59.2 Å². The minimum absolute atomic E-state index is 0.0224. The Labute approximate surface area is 124 Å². The Balaban J connectivity index is 2.73. The van der Waals surface area contributed by atoms with Gasteiger partial charge < -0.3 is 14.8 Å². The molecule has 0 aromatic heterocycles. The smallest absolute Gasteiger partial charge is 0.255 e. The van der Waals surface area contributed by atoms with E-state index in [4.69, 9.17) is 9.47 Å². The van der Waals surface area contributed by atoms with Gasteiger partial charge >= 0.3 is 0 Å². The second-order valence-electron chi connectivity index (χ2n) is 4.42. The topological polar surface area (TPSA) is 84.9 Å². The third-order valence-corrected chi connectivity index (χ3v) is 4.69. The molecule has 0 saturated carbocycles. The SMILES string of the molecule is COc1ccc(C(=O)NCCS(=O)(=O)N(C)C)c(OC)c1. The zero-order chi connectivity index (χ0) is 16.0. The predicted molar refractivity (Wildman–Crippen MR) is 79.4 cm³/mol. The Morgan fingerprint density at radius 1 is 1.24 bits per heavy atom. The molecule has 1 aromatic carbocycles. The standard InChI is InChI=1S/C13H20N2O5S/c1-15(2)21(17,18)8-7-14-13(16)11-6-5-10(19-3)9-12(11)20-4/h5-6,9H,7-8H2,1-4H3,(H,14,16).